The molecule has 37 heavy (non-hydrogen) atoms. The fraction of sp³-hybridized carbons (Fsp3) is 0.120. The molecule has 0 unspecified atom stereocenters. The lowest BCUT2D eigenvalue weighted by Crippen LogP contribution is -2.09. The van der Waals surface area contributed by atoms with E-state index in [9.17, 15) is 18.4 Å². The molecule has 2 aromatic carbocycles. The molecule has 12 heteroatoms. The van der Waals surface area contributed by atoms with Crippen molar-refractivity contribution in [3.63, 3.8) is 0 Å². The average molecular weight is 503 g/mol. The molecule has 0 saturated carbocycles. The van der Waals surface area contributed by atoms with Gasteiger partial charge in [-0.25, -0.2) is 28.2 Å². The van der Waals surface area contributed by atoms with Crippen LogP contribution in [0, 0.1) is 11.6 Å². The lowest BCUT2D eigenvalue weighted by atomic mass is 10.1. The van der Waals surface area contributed by atoms with Gasteiger partial charge in [0.2, 0.25) is 5.91 Å². The Morgan fingerprint density at radius 3 is 2.68 bits per heavy atom. The molecule has 0 aliphatic rings. The number of hydrogen-bond donors (Lipinski definition) is 1. The van der Waals surface area contributed by atoms with Gasteiger partial charge in [0.25, 0.3) is 0 Å². The number of rotatable bonds is 6. The summed E-state index contributed by atoms with van der Waals surface area (Å²) in [5.74, 6) is -1.83. The molecule has 0 saturated heterocycles. The highest BCUT2D eigenvalue weighted by molar-refractivity contribution is 5.89. The first kappa shape index (κ1) is 23.7. The Balaban J connectivity index is 1.56. The predicted octanol–water partition coefficient (Wildman–Crippen LogP) is 4.08. The lowest BCUT2D eigenvalue weighted by Gasteiger charge is -2.12. The minimum atomic E-state index is -0.749. The second-order valence-corrected chi connectivity index (χ2v) is 7.96. The van der Waals surface area contributed by atoms with Crippen LogP contribution in [0.5, 0.6) is 0 Å². The maximum Gasteiger partial charge on any atom is 0.360 e. The summed E-state index contributed by atoms with van der Waals surface area (Å²) < 4.78 is 36.1. The number of carbonyl (C=O) groups excluding carboxylic acids is 2. The van der Waals surface area contributed by atoms with E-state index in [-0.39, 0.29) is 29.6 Å². The molecule has 0 bridgehead atoms. The van der Waals surface area contributed by atoms with Crippen molar-refractivity contribution in [1.82, 2.24) is 29.5 Å². The normalized spacial score (nSPS) is 11.0. The summed E-state index contributed by atoms with van der Waals surface area (Å²) >= 11 is 0. The number of pyridine rings is 1. The third-order valence-corrected chi connectivity index (χ3v) is 5.38. The zero-order valence-corrected chi connectivity index (χ0v) is 19.6. The van der Waals surface area contributed by atoms with Crippen LogP contribution >= 0.6 is 0 Å². The summed E-state index contributed by atoms with van der Waals surface area (Å²) in [6.45, 7) is 3.26. The third-order valence-electron chi connectivity index (χ3n) is 5.38. The molecule has 10 nitrogen and oxygen atoms in total. The maximum atomic E-state index is 14.5. The molecule has 1 amide bonds. The zero-order chi connectivity index (χ0) is 26.1. The van der Waals surface area contributed by atoms with Gasteiger partial charge in [-0.1, -0.05) is 5.21 Å². The highest BCUT2D eigenvalue weighted by Crippen LogP contribution is 2.29. The Labute approximate surface area is 208 Å². The molecule has 3 aromatic heterocycles. The van der Waals surface area contributed by atoms with Gasteiger partial charge in [0, 0.05) is 18.6 Å². The number of ether oxygens (including phenoxy) is 1. The van der Waals surface area contributed by atoms with Crippen molar-refractivity contribution in [2.45, 2.75) is 13.8 Å². The Morgan fingerprint density at radius 1 is 1.08 bits per heavy atom. The first-order valence-corrected chi connectivity index (χ1v) is 11.1. The SMILES string of the molecule is CCOC(=O)c1cn(-c2ccc3c(c2)ncn3-c2cc(-c3ccc(F)cc3F)cc(NC(C)=O)n2)nn1. The van der Waals surface area contributed by atoms with Crippen molar-refractivity contribution < 1.29 is 23.1 Å². The largest absolute Gasteiger partial charge is 0.461 e. The van der Waals surface area contributed by atoms with E-state index < -0.39 is 17.6 Å². The number of nitrogens with zero attached hydrogens (tertiary/aromatic N) is 6. The highest BCUT2D eigenvalue weighted by atomic mass is 19.1. The molecule has 0 aliphatic heterocycles. The number of imidazole rings is 1. The minimum absolute atomic E-state index is 0.0759. The van der Waals surface area contributed by atoms with Crippen LogP contribution in [-0.2, 0) is 9.53 Å². The first-order chi connectivity index (χ1) is 17.8. The van der Waals surface area contributed by atoms with Crippen molar-refractivity contribution in [3.05, 3.63) is 78.4 Å². The number of anilines is 1. The summed E-state index contributed by atoms with van der Waals surface area (Å²) in [6.07, 6.45) is 2.99. The number of fused-ring (bicyclic) bond motifs is 1. The third kappa shape index (κ3) is 4.76. The van der Waals surface area contributed by atoms with Gasteiger partial charge in [-0.2, -0.15) is 0 Å². The molecule has 0 fully saturated rings. The summed E-state index contributed by atoms with van der Waals surface area (Å²) in [4.78, 5) is 32.5. The van der Waals surface area contributed by atoms with Crippen LogP contribution in [0.25, 0.3) is 33.7 Å². The van der Waals surface area contributed by atoms with E-state index >= 15 is 0 Å². The van der Waals surface area contributed by atoms with E-state index in [1.54, 1.807) is 35.8 Å². The van der Waals surface area contributed by atoms with Gasteiger partial charge in [0.1, 0.15) is 29.6 Å². The summed E-state index contributed by atoms with van der Waals surface area (Å²) in [6, 6.07) is 11.7. The smallest absolute Gasteiger partial charge is 0.360 e. The Hall–Kier alpha value is -5.00. The van der Waals surface area contributed by atoms with Gasteiger partial charge < -0.3 is 10.1 Å². The molecule has 0 spiro atoms. The quantitative estimate of drug-likeness (QED) is 0.347. The molecule has 0 radical (unpaired) electrons. The van der Waals surface area contributed by atoms with Gasteiger partial charge in [-0.15, -0.1) is 5.10 Å². The van der Waals surface area contributed by atoms with E-state index in [1.165, 1.54) is 36.3 Å². The second kappa shape index (κ2) is 9.57. The molecule has 186 valence electrons. The number of aromatic nitrogens is 6. The lowest BCUT2D eigenvalue weighted by molar-refractivity contribution is -0.114. The highest BCUT2D eigenvalue weighted by Gasteiger charge is 2.16. The van der Waals surface area contributed by atoms with Crippen LogP contribution < -0.4 is 5.32 Å². The maximum absolute atomic E-state index is 14.5. The number of hydrogen-bond acceptors (Lipinski definition) is 7. The van der Waals surface area contributed by atoms with E-state index in [0.717, 1.165) is 12.1 Å². The van der Waals surface area contributed by atoms with Gasteiger partial charge >= 0.3 is 5.97 Å². The van der Waals surface area contributed by atoms with Gasteiger partial charge in [-0.05, 0) is 55.0 Å². The van der Waals surface area contributed by atoms with Crippen molar-refractivity contribution in [3.8, 4) is 22.6 Å². The summed E-state index contributed by atoms with van der Waals surface area (Å²) in [5.41, 5.74) is 2.45. The minimum Gasteiger partial charge on any atom is -0.461 e. The van der Waals surface area contributed by atoms with Crippen molar-refractivity contribution in [1.29, 1.82) is 0 Å². The second-order valence-electron chi connectivity index (χ2n) is 7.96. The predicted molar refractivity (Wildman–Crippen MR) is 129 cm³/mol. The zero-order valence-electron chi connectivity index (χ0n) is 19.6. The molecule has 0 atom stereocenters. The average Bonchev–Trinajstić information content (AvgIpc) is 3.51. The first-order valence-electron chi connectivity index (χ1n) is 11.1. The van der Waals surface area contributed by atoms with Crippen molar-refractivity contribution in [2.24, 2.45) is 0 Å². The van der Waals surface area contributed by atoms with E-state index in [2.05, 4.69) is 25.6 Å². The Morgan fingerprint density at radius 2 is 1.92 bits per heavy atom. The monoisotopic (exact) mass is 503 g/mol. The Kier molecular flexibility index (Phi) is 6.14. The standard InChI is InChI=1S/C25H19F2N7O3/c1-3-37-25(36)21-12-34(32-31-21)17-5-7-22-20(11-17)28-13-33(22)24-9-15(8-23(30-24)29-14(2)35)18-6-4-16(26)10-19(18)27/h4-13H,3H2,1-2H3,(H,29,30,35). The van der Waals surface area contributed by atoms with Crippen LogP contribution in [0.15, 0.2) is 61.1 Å². The summed E-state index contributed by atoms with van der Waals surface area (Å²) in [5, 5.41) is 10.4. The van der Waals surface area contributed by atoms with Crippen molar-refractivity contribution in [2.75, 3.05) is 11.9 Å². The number of benzene rings is 2. The van der Waals surface area contributed by atoms with E-state index in [1.807, 2.05) is 0 Å². The molecule has 5 aromatic rings. The van der Waals surface area contributed by atoms with E-state index in [0.29, 0.717) is 28.1 Å². The molecule has 0 aliphatic carbocycles. The van der Waals surface area contributed by atoms with Crippen LogP contribution in [0.2, 0.25) is 0 Å². The van der Waals surface area contributed by atoms with Crippen molar-refractivity contribution >= 4 is 28.7 Å². The number of carbonyl (C=O) groups is 2. The van der Waals surface area contributed by atoms with Gasteiger partial charge in [-0.3, -0.25) is 9.36 Å². The molecular weight excluding hydrogens is 484 g/mol. The van der Waals surface area contributed by atoms with Gasteiger partial charge in [0.15, 0.2) is 5.69 Å². The topological polar surface area (TPSA) is 117 Å². The number of amides is 1. The van der Waals surface area contributed by atoms with E-state index in [4.69, 9.17) is 4.74 Å². The fourth-order valence-electron chi connectivity index (χ4n) is 3.78. The number of halogens is 2. The molecular formula is C25H19F2N7O3. The molecule has 5 rings (SSSR count). The van der Waals surface area contributed by atoms with Gasteiger partial charge in [0.05, 0.1) is 29.5 Å². The van der Waals surface area contributed by atoms with Crippen LogP contribution in [0.4, 0.5) is 14.6 Å². The molecule has 1 N–H and O–H groups in total. The van der Waals surface area contributed by atoms with Crippen LogP contribution in [0.3, 0.4) is 0 Å². The Bertz CT molecular complexity index is 1660. The number of nitrogens with one attached hydrogen (secondary N) is 1. The van der Waals surface area contributed by atoms with Crippen LogP contribution in [0.1, 0.15) is 24.3 Å². The molecule has 3 heterocycles. The summed E-state index contributed by atoms with van der Waals surface area (Å²) in [7, 11) is 0. The number of esters is 1. The fourth-order valence-corrected chi connectivity index (χ4v) is 3.78. The van der Waals surface area contributed by atoms with Crippen LogP contribution in [-0.4, -0.2) is 48.0 Å².